The molecule has 0 aliphatic carbocycles. The van der Waals surface area contributed by atoms with Crippen molar-refractivity contribution >= 4 is 28.2 Å². The highest BCUT2D eigenvalue weighted by Crippen LogP contribution is 2.28. The number of benzene rings is 2. The zero-order valence-corrected chi connectivity index (χ0v) is 12.7. The number of nitrogens with zero attached hydrogens (tertiary/aromatic N) is 2. The number of ether oxygens (including phenoxy) is 1. The number of halogens is 1. The van der Waals surface area contributed by atoms with Crippen LogP contribution in [0.3, 0.4) is 0 Å². The number of nitrogens with one attached hydrogen (secondary N) is 1. The van der Waals surface area contributed by atoms with Gasteiger partial charge in [0.25, 0.3) is 0 Å². The van der Waals surface area contributed by atoms with Crippen LogP contribution in [-0.4, -0.2) is 16.9 Å². The Morgan fingerprint density at radius 1 is 1.24 bits per heavy atom. The van der Waals surface area contributed by atoms with Gasteiger partial charge in [-0.2, -0.15) is 5.10 Å². The van der Waals surface area contributed by atoms with E-state index < -0.39 is 0 Å². The molecule has 0 aliphatic rings. The van der Waals surface area contributed by atoms with Gasteiger partial charge < -0.3 is 10.1 Å². The average Bonchev–Trinajstić information content (AvgIpc) is 2.82. The summed E-state index contributed by atoms with van der Waals surface area (Å²) in [6, 6.07) is 13.7. The molecule has 1 heterocycles. The molecule has 3 aromatic rings. The lowest BCUT2D eigenvalue weighted by Gasteiger charge is -2.10. The van der Waals surface area contributed by atoms with Gasteiger partial charge in [0, 0.05) is 17.5 Å². The van der Waals surface area contributed by atoms with E-state index in [1.165, 1.54) is 0 Å². The highest BCUT2D eigenvalue weighted by Gasteiger charge is 2.09. The van der Waals surface area contributed by atoms with Crippen LogP contribution in [0.2, 0.25) is 5.02 Å². The second-order valence-electron chi connectivity index (χ2n) is 4.79. The second kappa shape index (κ2) is 5.66. The topological polar surface area (TPSA) is 39.1 Å². The Kier molecular flexibility index (Phi) is 3.71. The molecule has 0 atom stereocenters. The summed E-state index contributed by atoms with van der Waals surface area (Å²) in [6.45, 7) is 0.609. The molecule has 3 rings (SSSR count). The SMILES string of the molecule is COc1ccc(Cl)cc1NCc1nn(C)c2ccccc12. The smallest absolute Gasteiger partial charge is 0.142 e. The number of para-hydroxylation sites is 1. The van der Waals surface area contributed by atoms with Crippen molar-refractivity contribution in [3.8, 4) is 5.75 Å². The maximum absolute atomic E-state index is 6.04. The Morgan fingerprint density at radius 3 is 2.86 bits per heavy atom. The molecule has 108 valence electrons. The fraction of sp³-hybridized carbons (Fsp3) is 0.188. The van der Waals surface area contributed by atoms with Gasteiger partial charge >= 0.3 is 0 Å². The fourth-order valence-electron chi connectivity index (χ4n) is 2.42. The van der Waals surface area contributed by atoms with Crippen molar-refractivity contribution in [2.45, 2.75) is 6.54 Å². The van der Waals surface area contributed by atoms with Gasteiger partial charge in [-0.15, -0.1) is 0 Å². The number of hydrogen-bond acceptors (Lipinski definition) is 3. The first-order valence-corrected chi connectivity index (χ1v) is 7.05. The van der Waals surface area contributed by atoms with Crippen molar-refractivity contribution in [1.82, 2.24) is 9.78 Å². The average molecular weight is 302 g/mol. The molecule has 2 aromatic carbocycles. The van der Waals surface area contributed by atoms with E-state index in [2.05, 4.69) is 22.5 Å². The van der Waals surface area contributed by atoms with E-state index in [9.17, 15) is 0 Å². The van der Waals surface area contributed by atoms with Gasteiger partial charge in [0.1, 0.15) is 5.75 Å². The molecule has 0 unspecified atom stereocenters. The molecule has 0 saturated carbocycles. The van der Waals surface area contributed by atoms with Crippen LogP contribution >= 0.6 is 11.6 Å². The van der Waals surface area contributed by atoms with Crippen LogP contribution in [0.25, 0.3) is 10.9 Å². The van der Waals surface area contributed by atoms with E-state index in [1.807, 2.05) is 42.1 Å². The zero-order valence-electron chi connectivity index (χ0n) is 11.9. The van der Waals surface area contributed by atoms with Gasteiger partial charge in [0.05, 0.1) is 30.6 Å². The third-order valence-electron chi connectivity index (χ3n) is 3.44. The fourth-order valence-corrected chi connectivity index (χ4v) is 2.59. The molecule has 21 heavy (non-hydrogen) atoms. The van der Waals surface area contributed by atoms with E-state index >= 15 is 0 Å². The summed E-state index contributed by atoms with van der Waals surface area (Å²) in [5, 5.41) is 9.72. The number of fused-ring (bicyclic) bond motifs is 1. The zero-order chi connectivity index (χ0) is 14.8. The lowest BCUT2D eigenvalue weighted by atomic mass is 10.2. The number of aromatic nitrogens is 2. The Morgan fingerprint density at radius 2 is 2.05 bits per heavy atom. The predicted octanol–water partition coefficient (Wildman–Crippen LogP) is 3.85. The van der Waals surface area contributed by atoms with Gasteiger partial charge in [-0.3, -0.25) is 4.68 Å². The van der Waals surface area contributed by atoms with Gasteiger partial charge in [0.2, 0.25) is 0 Å². The van der Waals surface area contributed by atoms with Crippen molar-refractivity contribution < 1.29 is 4.74 Å². The van der Waals surface area contributed by atoms with Crippen molar-refractivity contribution in [2.24, 2.45) is 7.05 Å². The number of anilines is 1. The molecule has 0 bridgehead atoms. The van der Waals surface area contributed by atoms with Crippen LogP contribution in [0, 0.1) is 0 Å². The number of hydrogen-bond donors (Lipinski definition) is 1. The molecule has 0 saturated heterocycles. The van der Waals surface area contributed by atoms with Gasteiger partial charge in [-0.25, -0.2) is 0 Å². The standard InChI is InChI=1S/C16H16ClN3O/c1-20-15-6-4-3-5-12(15)14(19-20)10-18-13-9-11(17)7-8-16(13)21-2/h3-9,18H,10H2,1-2H3. The normalized spacial score (nSPS) is 10.8. The van der Waals surface area contributed by atoms with Crippen LogP contribution < -0.4 is 10.1 Å². The Balaban J connectivity index is 1.89. The van der Waals surface area contributed by atoms with Crippen LogP contribution in [-0.2, 0) is 13.6 Å². The maximum atomic E-state index is 6.04. The summed E-state index contributed by atoms with van der Waals surface area (Å²) >= 11 is 6.04. The minimum atomic E-state index is 0.609. The first kappa shape index (κ1) is 13.8. The van der Waals surface area contributed by atoms with Crippen LogP contribution in [0.1, 0.15) is 5.69 Å². The van der Waals surface area contributed by atoms with Crippen LogP contribution in [0.15, 0.2) is 42.5 Å². The molecular formula is C16H16ClN3O. The van der Waals surface area contributed by atoms with E-state index in [4.69, 9.17) is 16.3 Å². The van der Waals surface area contributed by atoms with Crippen LogP contribution in [0.4, 0.5) is 5.69 Å². The molecule has 0 fully saturated rings. The van der Waals surface area contributed by atoms with E-state index in [0.29, 0.717) is 11.6 Å². The first-order valence-electron chi connectivity index (χ1n) is 6.67. The molecule has 1 aromatic heterocycles. The van der Waals surface area contributed by atoms with Gasteiger partial charge in [-0.05, 0) is 24.3 Å². The van der Waals surface area contributed by atoms with E-state index in [0.717, 1.165) is 28.0 Å². The van der Waals surface area contributed by atoms with Crippen molar-refractivity contribution in [3.05, 3.63) is 53.2 Å². The predicted molar refractivity (Wildman–Crippen MR) is 86.0 cm³/mol. The Bertz CT molecular complexity index is 782. The molecule has 0 aliphatic heterocycles. The van der Waals surface area contributed by atoms with Crippen molar-refractivity contribution in [1.29, 1.82) is 0 Å². The minimum absolute atomic E-state index is 0.609. The van der Waals surface area contributed by atoms with E-state index in [-0.39, 0.29) is 0 Å². The summed E-state index contributed by atoms with van der Waals surface area (Å²) in [7, 11) is 3.59. The molecule has 0 radical (unpaired) electrons. The molecule has 4 nitrogen and oxygen atoms in total. The molecule has 0 amide bonds. The lowest BCUT2D eigenvalue weighted by Crippen LogP contribution is -2.03. The summed E-state index contributed by atoms with van der Waals surface area (Å²) in [5.41, 5.74) is 2.97. The monoisotopic (exact) mass is 301 g/mol. The molecular weight excluding hydrogens is 286 g/mol. The number of rotatable bonds is 4. The second-order valence-corrected chi connectivity index (χ2v) is 5.22. The summed E-state index contributed by atoms with van der Waals surface area (Å²) < 4.78 is 7.23. The maximum Gasteiger partial charge on any atom is 0.142 e. The van der Waals surface area contributed by atoms with Gasteiger partial charge in [0.15, 0.2) is 0 Å². The highest BCUT2D eigenvalue weighted by molar-refractivity contribution is 6.30. The third kappa shape index (κ3) is 2.67. The Hall–Kier alpha value is -2.20. The quantitative estimate of drug-likeness (QED) is 0.795. The Labute approximate surface area is 128 Å². The number of aryl methyl sites for hydroxylation is 1. The van der Waals surface area contributed by atoms with Crippen molar-refractivity contribution in [2.75, 3.05) is 12.4 Å². The summed E-state index contributed by atoms with van der Waals surface area (Å²) in [4.78, 5) is 0. The highest BCUT2D eigenvalue weighted by atomic mass is 35.5. The first-order chi connectivity index (χ1) is 10.2. The summed E-state index contributed by atoms with van der Waals surface area (Å²) in [5.74, 6) is 0.764. The molecule has 5 heteroatoms. The van der Waals surface area contributed by atoms with E-state index in [1.54, 1.807) is 7.11 Å². The third-order valence-corrected chi connectivity index (χ3v) is 3.68. The molecule has 1 N–H and O–H groups in total. The van der Waals surface area contributed by atoms with Crippen LogP contribution in [0.5, 0.6) is 5.75 Å². The largest absolute Gasteiger partial charge is 0.495 e. The van der Waals surface area contributed by atoms with Gasteiger partial charge in [-0.1, -0.05) is 29.8 Å². The van der Waals surface area contributed by atoms with Crippen molar-refractivity contribution in [3.63, 3.8) is 0 Å². The lowest BCUT2D eigenvalue weighted by molar-refractivity contribution is 0.416. The molecule has 0 spiro atoms. The minimum Gasteiger partial charge on any atom is -0.495 e. The summed E-state index contributed by atoms with van der Waals surface area (Å²) in [6.07, 6.45) is 0. The number of methoxy groups -OCH3 is 1.